The van der Waals surface area contributed by atoms with Gasteiger partial charge in [-0.3, -0.25) is 0 Å². The lowest BCUT2D eigenvalue weighted by atomic mass is 10.1. The number of alkyl carbamates (subject to hydrolysis) is 1. The number of likely N-dealkylation sites (tertiary alicyclic amines) is 1. The minimum Gasteiger partial charge on any atom is -0.444 e. The molecular formula is C16H31N3O4. The van der Waals surface area contributed by atoms with E-state index in [2.05, 4.69) is 10.6 Å². The summed E-state index contributed by atoms with van der Waals surface area (Å²) in [6, 6.07) is -0.129. The fourth-order valence-corrected chi connectivity index (χ4v) is 2.43. The molecule has 1 aliphatic rings. The molecule has 0 aliphatic carbocycles. The number of carbonyl (C=O) groups is 2. The Labute approximate surface area is 139 Å². The molecule has 0 aromatic heterocycles. The number of nitrogens with one attached hydrogen (secondary N) is 2. The van der Waals surface area contributed by atoms with E-state index in [1.165, 1.54) is 0 Å². The Kier molecular flexibility index (Phi) is 8.16. The van der Waals surface area contributed by atoms with E-state index < -0.39 is 11.7 Å². The minimum absolute atomic E-state index is 0.0576. The van der Waals surface area contributed by atoms with Crippen LogP contribution in [-0.4, -0.2) is 62.0 Å². The van der Waals surface area contributed by atoms with Crippen molar-refractivity contribution >= 4 is 12.1 Å². The zero-order valence-electron chi connectivity index (χ0n) is 14.8. The van der Waals surface area contributed by atoms with Crippen molar-refractivity contribution in [2.75, 3.05) is 33.4 Å². The van der Waals surface area contributed by atoms with Gasteiger partial charge in [0.1, 0.15) is 5.60 Å². The molecule has 1 atom stereocenters. The van der Waals surface area contributed by atoms with Crippen LogP contribution in [0.1, 0.15) is 46.5 Å². The maximum absolute atomic E-state index is 12.1. The van der Waals surface area contributed by atoms with E-state index in [1.807, 2.05) is 20.8 Å². The summed E-state index contributed by atoms with van der Waals surface area (Å²) in [5.74, 6) is 0. The van der Waals surface area contributed by atoms with Crippen LogP contribution in [-0.2, 0) is 9.47 Å². The van der Waals surface area contributed by atoms with Crippen molar-refractivity contribution in [1.29, 1.82) is 0 Å². The number of ether oxygens (including phenoxy) is 2. The molecule has 0 radical (unpaired) electrons. The molecule has 3 amide bonds. The van der Waals surface area contributed by atoms with Gasteiger partial charge in [0.15, 0.2) is 0 Å². The number of piperidine rings is 1. The number of nitrogens with zero attached hydrogens (tertiary/aromatic N) is 1. The van der Waals surface area contributed by atoms with Gasteiger partial charge in [0.05, 0.1) is 0 Å². The summed E-state index contributed by atoms with van der Waals surface area (Å²) in [5, 5.41) is 5.76. The number of carbonyl (C=O) groups excluding carboxylic acids is 2. The molecule has 7 nitrogen and oxygen atoms in total. The molecule has 0 aromatic carbocycles. The van der Waals surface area contributed by atoms with Gasteiger partial charge in [-0.25, -0.2) is 9.59 Å². The van der Waals surface area contributed by atoms with Gasteiger partial charge in [-0.15, -0.1) is 0 Å². The van der Waals surface area contributed by atoms with Gasteiger partial charge in [0.25, 0.3) is 0 Å². The number of hydrogen-bond donors (Lipinski definition) is 2. The Hall–Kier alpha value is -1.50. The summed E-state index contributed by atoms with van der Waals surface area (Å²) in [6.45, 7) is 8.08. The van der Waals surface area contributed by atoms with Crippen molar-refractivity contribution in [3.8, 4) is 0 Å². The molecule has 23 heavy (non-hydrogen) atoms. The van der Waals surface area contributed by atoms with Crippen molar-refractivity contribution in [2.24, 2.45) is 0 Å². The molecule has 134 valence electrons. The Bertz CT molecular complexity index is 382. The highest BCUT2D eigenvalue weighted by Gasteiger charge is 2.26. The van der Waals surface area contributed by atoms with Crippen LogP contribution >= 0.6 is 0 Å². The molecule has 7 heteroatoms. The van der Waals surface area contributed by atoms with Gasteiger partial charge in [0.2, 0.25) is 0 Å². The fourth-order valence-electron chi connectivity index (χ4n) is 2.43. The quantitative estimate of drug-likeness (QED) is 0.732. The zero-order chi connectivity index (χ0) is 17.3. The van der Waals surface area contributed by atoms with Crippen LogP contribution in [0.25, 0.3) is 0 Å². The van der Waals surface area contributed by atoms with Crippen LogP contribution in [0.5, 0.6) is 0 Å². The van der Waals surface area contributed by atoms with Crippen molar-refractivity contribution < 1.29 is 19.1 Å². The standard InChI is InChI=1S/C16H31N3O4/c1-16(2,3)23-15(21)18-13-8-7-10-19(12-13)14(20)17-9-5-6-11-22-4/h13H,5-12H2,1-4H3,(H,17,20)(H,18,21). The molecule has 1 unspecified atom stereocenters. The van der Waals surface area contributed by atoms with E-state index in [9.17, 15) is 9.59 Å². The Morgan fingerprint density at radius 2 is 2.00 bits per heavy atom. The van der Waals surface area contributed by atoms with Crippen molar-refractivity contribution in [1.82, 2.24) is 15.5 Å². The number of rotatable bonds is 6. The number of amides is 3. The molecule has 0 bridgehead atoms. The first kappa shape index (κ1) is 19.5. The summed E-state index contributed by atoms with van der Waals surface area (Å²) < 4.78 is 10.2. The lowest BCUT2D eigenvalue weighted by Gasteiger charge is -2.33. The van der Waals surface area contributed by atoms with E-state index in [0.717, 1.165) is 32.2 Å². The van der Waals surface area contributed by atoms with Gasteiger partial charge in [-0.05, 0) is 46.5 Å². The molecule has 1 fully saturated rings. The van der Waals surface area contributed by atoms with Crippen molar-refractivity contribution in [3.05, 3.63) is 0 Å². The smallest absolute Gasteiger partial charge is 0.407 e. The molecule has 0 aromatic rings. The predicted molar refractivity (Wildman–Crippen MR) is 88.5 cm³/mol. The summed E-state index contributed by atoms with van der Waals surface area (Å²) in [6.07, 6.45) is 3.13. The van der Waals surface area contributed by atoms with Crippen LogP contribution in [0, 0.1) is 0 Å². The second kappa shape index (κ2) is 9.60. The third kappa shape index (κ3) is 8.64. The predicted octanol–water partition coefficient (Wildman–Crippen LogP) is 2.11. The first-order chi connectivity index (χ1) is 10.8. The van der Waals surface area contributed by atoms with Crippen molar-refractivity contribution in [2.45, 2.75) is 58.1 Å². The summed E-state index contributed by atoms with van der Waals surface area (Å²) >= 11 is 0. The fraction of sp³-hybridized carbons (Fsp3) is 0.875. The van der Waals surface area contributed by atoms with Crippen LogP contribution in [0.3, 0.4) is 0 Å². The zero-order valence-corrected chi connectivity index (χ0v) is 14.8. The molecule has 1 heterocycles. The minimum atomic E-state index is -0.516. The van der Waals surface area contributed by atoms with Crippen molar-refractivity contribution in [3.63, 3.8) is 0 Å². The number of unbranched alkanes of at least 4 members (excludes halogenated alkanes) is 1. The summed E-state index contributed by atoms with van der Waals surface area (Å²) in [4.78, 5) is 25.7. The van der Waals surface area contributed by atoms with Gasteiger partial charge in [-0.2, -0.15) is 0 Å². The monoisotopic (exact) mass is 329 g/mol. The molecular weight excluding hydrogens is 298 g/mol. The van der Waals surface area contributed by atoms with Gasteiger partial charge in [0, 0.05) is 39.4 Å². The lowest BCUT2D eigenvalue weighted by molar-refractivity contribution is 0.0479. The van der Waals surface area contributed by atoms with E-state index in [0.29, 0.717) is 19.7 Å². The van der Waals surface area contributed by atoms with Gasteiger partial charge in [-0.1, -0.05) is 0 Å². The van der Waals surface area contributed by atoms with Gasteiger partial charge < -0.3 is 25.0 Å². The maximum Gasteiger partial charge on any atom is 0.407 e. The van der Waals surface area contributed by atoms with Crippen LogP contribution in [0.4, 0.5) is 9.59 Å². The average Bonchev–Trinajstić information content (AvgIpc) is 2.45. The highest BCUT2D eigenvalue weighted by Crippen LogP contribution is 2.12. The van der Waals surface area contributed by atoms with Crippen LogP contribution in [0.15, 0.2) is 0 Å². The summed E-state index contributed by atoms with van der Waals surface area (Å²) in [5.41, 5.74) is -0.516. The highest BCUT2D eigenvalue weighted by atomic mass is 16.6. The first-order valence-corrected chi connectivity index (χ1v) is 8.33. The molecule has 2 N–H and O–H groups in total. The Balaban J connectivity index is 2.30. The Morgan fingerprint density at radius 1 is 1.26 bits per heavy atom. The molecule has 1 rings (SSSR count). The maximum atomic E-state index is 12.1. The largest absolute Gasteiger partial charge is 0.444 e. The van der Waals surface area contributed by atoms with Crippen LogP contribution < -0.4 is 10.6 Å². The van der Waals surface area contributed by atoms with E-state index in [4.69, 9.17) is 9.47 Å². The van der Waals surface area contributed by atoms with Crippen LogP contribution in [0.2, 0.25) is 0 Å². The molecule has 1 saturated heterocycles. The molecule has 0 spiro atoms. The lowest BCUT2D eigenvalue weighted by Crippen LogP contribution is -2.52. The average molecular weight is 329 g/mol. The van der Waals surface area contributed by atoms with E-state index in [-0.39, 0.29) is 12.1 Å². The van der Waals surface area contributed by atoms with E-state index >= 15 is 0 Å². The second-order valence-electron chi connectivity index (χ2n) is 6.86. The third-order valence-electron chi connectivity index (χ3n) is 3.48. The summed E-state index contributed by atoms with van der Waals surface area (Å²) in [7, 11) is 1.67. The second-order valence-corrected chi connectivity index (χ2v) is 6.86. The van der Waals surface area contributed by atoms with Gasteiger partial charge >= 0.3 is 12.1 Å². The third-order valence-corrected chi connectivity index (χ3v) is 3.48. The topological polar surface area (TPSA) is 79.9 Å². The number of urea groups is 1. The normalized spacial score (nSPS) is 18.4. The highest BCUT2D eigenvalue weighted by molar-refractivity contribution is 5.74. The van der Waals surface area contributed by atoms with E-state index in [1.54, 1.807) is 12.0 Å². The Morgan fingerprint density at radius 3 is 2.65 bits per heavy atom. The SMILES string of the molecule is COCCCCNC(=O)N1CCCC(NC(=O)OC(C)(C)C)C1. The first-order valence-electron chi connectivity index (χ1n) is 8.33. The molecule has 0 saturated carbocycles. The number of hydrogen-bond acceptors (Lipinski definition) is 4. The molecule has 1 aliphatic heterocycles. The number of methoxy groups -OCH3 is 1.